The third kappa shape index (κ3) is 13.1. The van der Waals surface area contributed by atoms with Gasteiger partial charge in [0.15, 0.2) is 17.4 Å². The fraction of sp³-hybridized carbons (Fsp3) is 0.457. The molecule has 0 bridgehead atoms. The summed E-state index contributed by atoms with van der Waals surface area (Å²) >= 11 is 0. The highest BCUT2D eigenvalue weighted by atomic mass is 28.4. The van der Waals surface area contributed by atoms with Crippen molar-refractivity contribution in [2.45, 2.75) is 96.6 Å². The van der Waals surface area contributed by atoms with E-state index < -0.39 is 17.4 Å². The van der Waals surface area contributed by atoms with Crippen molar-refractivity contribution in [3.8, 4) is 28.7 Å². The summed E-state index contributed by atoms with van der Waals surface area (Å²) in [6.07, 6.45) is 11.8. The number of ether oxygens (including phenoxy) is 2. The summed E-state index contributed by atoms with van der Waals surface area (Å²) in [4.78, 5) is 0. The van der Waals surface area contributed by atoms with E-state index in [1.54, 1.807) is 0 Å². The van der Waals surface area contributed by atoms with Gasteiger partial charge in [-0.25, -0.2) is 0 Å². The lowest BCUT2D eigenvalue weighted by Crippen LogP contribution is -2.34. The molecule has 3 aromatic rings. The van der Waals surface area contributed by atoms with Crippen molar-refractivity contribution in [1.29, 1.82) is 5.26 Å². The first-order valence-corrected chi connectivity index (χ1v) is 20.8. The van der Waals surface area contributed by atoms with Gasteiger partial charge >= 0.3 is 0 Å². The van der Waals surface area contributed by atoms with E-state index in [0.717, 1.165) is 41.2 Å². The van der Waals surface area contributed by atoms with E-state index in [0.29, 0.717) is 12.2 Å². The smallest absolute Gasteiger partial charge is 0.191 e. The van der Waals surface area contributed by atoms with E-state index in [9.17, 15) is 0 Å². The van der Waals surface area contributed by atoms with Crippen molar-refractivity contribution >= 4 is 17.4 Å². The number of rotatable bonds is 19. The molecule has 0 aliphatic rings. The van der Waals surface area contributed by atoms with Crippen LogP contribution in [0.1, 0.15) is 68.9 Å². The lowest BCUT2D eigenvalue weighted by molar-refractivity contribution is 0.300. The molecular weight excluding hydrogens is 539 g/mol. The molecule has 0 amide bonds. The average molecular weight is 587 g/mol. The highest BCUT2D eigenvalue weighted by Gasteiger charge is 2.22. The Bertz CT molecular complexity index is 1170. The standard InChI is InChI=1S/C35H48NO3Si2/c1-40(2)39-41(3,4)27-13-11-9-7-5-6-8-10-12-26-37-34-22-16-31(17-23-34)29-38-35-24-20-33(21-25-35)32-18-14-30(28-36)15-19-32/h14-25H,5-13,26-27,29H2,1-4H3. The molecule has 6 heteroatoms. The van der Waals surface area contributed by atoms with Gasteiger partial charge in [-0.1, -0.05) is 87.8 Å². The Balaban J connectivity index is 1.20. The number of hydrogen-bond acceptors (Lipinski definition) is 4. The largest absolute Gasteiger partial charge is 0.494 e. The normalized spacial score (nSPS) is 11.4. The molecule has 219 valence electrons. The second-order valence-electron chi connectivity index (χ2n) is 11.7. The second-order valence-corrected chi connectivity index (χ2v) is 18.3. The maximum absolute atomic E-state index is 8.96. The third-order valence-electron chi connectivity index (χ3n) is 7.20. The van der Waals surface area contributed by atoms with Crippen molar-refractivity contribution in [2.24, 2.45) is 0 Å². The quantitative estimate of drug-likeness (QED) is 0.104. The van der Waals surface area contributed by atoms with Crippen LogP contribution in [-0.4, -0.2) is 24.0 Å². The van der Waals surface area contributed by atoms with Gasteiger partial charge in [0.1, 0.15) is 18.1 Å². The molecule has 1 radical (unpaired) electrons. The number of nitriles is 1. The Hall–Kier alpha value is -2.86. The lowest BCUT2D eigenvalue weighted by atomic mass is 10.0. The predicted molar refractivity (Wildman–Crippen MR) is 175 cm³/mol. The minimum absolute atomic E-state index is 0.518. The summed E-state index contributed by atoms with van der Waals surface area (Å²) in [5.41, 5.74) is 3.97. The van der Waals surface area contributed by atoms with E-state index in [-0.39, 0.29) is 0 Å². The first-order valence-electron chi connectivity index (χ1n) is 15.3. The van der Waals surface area contributed by atoms with Crippen molar-refractivity contribution < 1.29 is 13.6 Å². The third-order valence-corrected chi connectivity index (χ3v) is 12.6. The maximum atomic E-state index is 8.96. The minimum atomic E-state index is -1.40. The molecule has 0 unspecified atom stereocenters. The van der Waals surface area contributed by atoms with E-state index in [1.165, 1.54) is 57.4 Å². The van der Waals surface area contributed by atoms with Gasteiger partial charge in [-0.2, -0.15) is 5.26 Å². The molecule has 41 heavy (non-hydrogen) atoms. The lowest BCUT2D eigenvalue weighted by Gasteiger charge is -2.25. The number of nitrogens with zero attached hydrogens (tertiary/aromatic N) is 1. The van der Waals surface area contributed by atoms with Gasteiger partial charge in [0.25, 0.3) is 0 Å². The molecule has 0 N–H and O–H groups in total. The van der Waals surface area contributed by atoms with Crippen LogP contribution in [0.2, 0.25) is 32.2 Å². The maximum Gasteiger partial charge on any atom is 0.191 e. The predicted octanol–water partition coefficient (Wildman–Crippen LogP) is 10.2. The van der Waals surface area contributed by atoms with Crippen LogP contribution in [0.5, 0.6) is 11.5 Å². The van der Waals surface area contributed by atoms with Crippen molar-refractivity contribution in [2.75, 3.05) is 6.61 Å². The molecule has 4 nitrogen and oxygen atoms in total. The van der Waals surface area contributed by atoms with Gasteiger partial charge < -0.3 is 13.6 Å². The SMILES string of the molecule is C[Si](C)O[Si](C)(C)CCCCCCCCCCCOc1ccc(COc2ccc(-c3ccc(C#N)cc3)cc2)cc1. The van der Waals surface area contributed by atoms with Crippen LogP contribution in [0.3, 0.4) is 0 Å². The van der Waals surface area contributed by atoms with Crippen LogP contribution in [0.4, 0.5) is 0 Å². The van der Waals surface area contributed by atoms with E-state index in [1.807, 2.05) is 60.7 Å². The van der Waals surface area contributed by atoms with Crippen LogP contribution < -0.4 is 9.47 Å². The summed E-state index contributed by atoms with van der Waals surface area (Å²) < 4.78 is 18.2. The van der Waals surface area contributed by atoms with Crippen LogP contribution >= 0.6 is 0 Å². The molecule has 0 spiro atoms. The Labute approximate surface area is 251 Å². The van der Waals surface area contributed by atoms with Crippen LogP contribution in [-0.2, 0) is 10.7 Å². The number of benzene rings is 3. The highest BCUT2D eigenvalue weighted by molar-refractivity contribution is 6.77. The summed E-state index contributed by atoms with van der Waals surface area (Å²) in [6.45, 7) is 10.6. The number of unbranched alkanes of at least 4 members (excludes halogenated alkanes) is 8. The van der Waals surface area contributed by atoms with Gasteiger partial charge in [0.05, 0.1) is 18.2 Å². The van der Waals surface area contributed by atoms with Crippen LogP contribution in [0.15, 0.2) is 72.8 Å². The van der Waals surface area contributed by atoms with Gasteiger partial charge in [0, 0.05) is 0 Å². The molecule has 0 atom stereocenters. The average Bonchev–Trinajstić information content (AvgIpc) is 2.97. The molecule has 0 aliphatic carbocycles. The molecular formula is C35H48NO3Si2. The van der Waals surface area contributed by atoms with Crippen LogP contribution in [0, 0.1) is 11.3 Å². The topological polar surface area (TPSA) is 51.5 Å². The van der Waals surface area contributed by atoms with Crippen molar-refractivity contribution in [3.05, 3.63) is 83.9 Å². The zero-order valence-electron chi connectivity index (χ0n) is 25.6. The van der Waals surface area contributed by atoms with Gasteiger partial charge in [-0.15, -0.1) is 0 Å². The molecule has 0 aromatic heterocycles. The first-order chi connectivity index (χ1) is 19.8. The van der Waals surface area contributed by atoms with E-state index >= 15 is 0 Å². The second kappa shape index (κ2) is 17.8. The monoisotopic (exact) mass is 586 g/mol. The van der Waals surface area contributed by atoms with Gasteiger partial charge in [-0.05, 0) is 91.7 Å². The van der Waals surface area contributed by atoms with Gasteiger partial charge in [-0.3, -0.25) is 0 Å². The van der Waals surface area contributed by atoms with E-state index in [4.69, 9.17) is 18.9 Å². The Morgan fingerprint density at radius 2 is 1.12 bits per heavy atom. The Kier molecular flexibility index (Phi) is 14.2. The van der Waals surface area contributed by atoms with E-state index in [2.05, 4.69) is 44.4 Å². The minimum Gasteiger partial charge on any atom is -0.494 e. The molecule has 0 saturated carbocycles. The highest BCUT2D eigenvalue weighted by Crippen LogP contribution is 2.24. The van der Waals surface area contributed by atoms with Crippen LogP contribution in [0.25, 0.3) is 11.1 Å². The summed E-state index contributed by atoms with van der Waals surface area (Å²) in [6, 6.07) is 27.4. The van der Waals surface area contributed by atoms with Crippen molar-refractivity contribution in [1.82, 2.24) is 0 Å². The Morgan fingerprint density at radius 3 is 1.68 bits per heavy atom. The molecule has 0 heterocycles. The van der Waals surface area contributed by atoms with Gasteiger partial charge in [0.2, 0.25) is 0 Å². The summed E-state index contributed by atoms with van der Waals surface area (Å²) in [5, 5.41) is 8.96. The summed E-state index contributed by atoms with van der Waals surface area (Å²) in [7, 11) is -1.95. The Morgan fingerprint density at radius 1 is 0.634 bits per heavy atom. The molecule has 0 fully saturated rings. The molecule has 3 aromatic carbocycles. The zero-order valence-corrected chi connectivity index (χ0v) is 27.6. The summed E-state index contributed by atoms with van der Waals surface area (Å²) in [5.74, 6) is 1.76. The first kappa shape index (κ1) is 32.7. The number of hydrogen-bond donors (Lipinski definition) is 0. The molecule has 0 saturated heterocycles. The van der Waals surface area contributed by atoms with Crippen molar-refractivity contribution in [3.63, 3.8) is 0 Å². The molecule has 3 rings (SSSR count). The zero-order chi connectivity index (χ0) is 29.3. The fourth-order valence-electron chi connectivity index (χ4n) is 5.01. The fourth-order valence-corrected chi connectivity index (χ4v) is 10.9. The molecule has 0 aliphatic heterocycles.